The molecular weight excluding hydrogens is 274 g/mol. The van der Waals surface area contributed by atoms with Gasteiger partial charge in [-0.3, -0.25) is 4.79 Å². The summed E-state index contributed by atoms with van der Waals surface area (Å²) in [7, 11) is 0. The predicted molar refractivity (Wildman–Crippen MR) is 90.1 cm³/mol. The number of fused-ring (bicyclic) bond motifs is 3. The Labute approximate surface area is 133 Å². The van der Waals surface area contributed by atoms with Crippen molar-refractivity contribution in [2.45, 2.75) is 71.3 Å². The molecule has 22 heavy (non-hydrogen) atoms. The van der Waals surface area contributed by atoms with Gasteiger partial charge in [-0.15, -0.1) is 0 Å². The highest BCUT2D eigenvalue weighted by Crippen LogP contribution is 2.50. The Kier molecular flexibility index (Phi) is 2.99. The molecule has 0 bridgehead atoms. The van der Waals surface area contributed by atoms with E-state index in [1.807, 2.05) is 27.7 Å². The van der Waals surface area contributed by atoms with Crippen LogP contribution in [0.1, 0.15) is 65.2 Å². The van der Waals surface area contributed by atoms with E-state index in [9.17, 15) is 4.79 Å². The van der Waals surface area contributed by atoms with Crippen LogP contribution in [0.3, 0.4) is 0 Å². The Morgan fingerprint density at radius 3 is 2.41 bits per heavy atom. The molecule has 2 aliphatic heterocycles. The second-order valence-electron chi connectivity index (χ2n) is 8.71. The van der Waals surface area contributed by atoms with Crippen LogP contribution < -0.4 is 10.1 Å². The highest BCUT2D eigenvalue weighted by atomic mass is 16.5. The Hall–Kier alpha value is -1.51. The lowest BCUT2D eigenvalue weighted by molar-refractivity contribution is -0.127. The average Bonchev–Trinajstić information content (AvgIpc) is 2.83. The fraction of sp³-hybridized carbons (Fsp3) is 0.632. The van der Waals surface area contributed by atoms with Crippen LogP contribution in [0.25, 0.3) is 0 Å². The summed E-state index contributed by atoms with van der Waals surface area (Å²) in [5.74, 6) is 1.27. The minimum atomic E-state index is -0.546. The van der Waals surface area contributed by atoms with Crippen LogP contribution in [0.15, 0.2) is 6.07 Å². The first-order valence-electron chi connectivity index (χ1n) is 8.13. The average molecular weight is 301 g/mol. The third-order valence-electron chi connectivity index (χ3n) is 5.03. The van der Waals surface area contributed by atoms with E-state index in [4.69, 9.17) is 4.74 Å². The van der Waals surface area contributed by atoms with Crippen molar-refractivity contribution in [2.24, 2.45) is 0 Å². The first kappa shape index (κ1) is 15.4. The minimum absolute atomic E-state index is 0.00442. The number of nitrogens with one attached hydrogen (secondary N) is 1. The van der Waals surface area contributed by atoms with Crippen molar-refractivity contribution in [3.05, 3.63) is 22.8 Å². The number of hydrogen-bond donors (Lipinski definition) is 1. The predicted octanol–water partition coefficient (Wildman–Crippen LogP) is 3.97. The molecule has 2 aliphatic rings. The summed E-state index contributed by atoms with van der Waals surface area (Å²) in [6, 6.07) is 2.19. The third-order valence-corrected chi connectivity index (χ3v) is 5.03. The molecule has 120 valence electrons. The molecule has 0 aliphatic carbocycles. The lowest BCUT2D eigenvalue weighted by Crippen LogP contribution is -2.53. The van der Waals surface area contributed by atoms with Crippen molar-refractivity contribution in [3.8, 4) is 5.75 Å². The van der Waals surface area contributed by atoms with Crippen molar-refractivity contribution in [2.75, 3.05) is 11.9 Å². The summed E-state index contributed by atoms with van der Waals surface area (Å²) in [6.45, 7) is 15.4. The molecule has 0 unspecified atom stereocenters. The normalized spacial score (nSPS) is 21.7. The molecule has 0 atom stereocenters. The van der Waals surface area contributed by atoms with E-state index in [2.05, 4.69) is 32.2 Å². The summed E-state index contributed by atoms with van der Waals surface area (Å²) in [6.07, 6.45) is 0.912. The first-order valence-corrected chi connectivity index (χ1v) is 8.13. The van der Waals surface area contributed by atoms with E-state index >= 15 is 0 Å². The highest BCUT2D eigenvalue weighted by Gasteiger charge is 2.48. The fourth-order valence-corrected chi connectivity index (χ4v) is 3.84. The van der Waals surface area contributed by atoms with E-state index in [-0.39, 0.29) is 11.2 Å². The van der Waals surface area contributed by atoms with Gasteiger partial charge in [-0.05, 0) is 44.7 Å². The molecule has 0 amide bonds. The monoisotopic (exact) mass is 301 g/mol. The Bertz CT molecular complexity index is 663. The standard InChI is InChI=1S/C19H27NO2/c1-17(2,3)13-10-12-14(11-8-9-22-15(11)13)20-19(6,7)16(21)18(12,4)5/h10,20H,8-9H2,1-7H3. The quantitative estimate of drug-likeness (QED) is 0.788. The van der Waals surface area contributed by atoms with Crippen molar-refractivity contribution >= 4 is 11.5 Å². The number of Topliss-reactive ketones (excluding diaryl/α,β-unsaturated/α-hetero) is 1. The van der Waals surface area contributed by atoms with E-state index in [0.717, 1.165) is 30.0 Å². The second kappa shape index (κ2) is 4.27. The Morgan fingerprint density at radius 2 is 1.82 bits per heavy atom. The SMILES string of the molecule is CC1(C)Nc2c(cc(C(C)(C)C)c3c2CCO3)C(C)(C)C1=O. The second-order valence-corrected chi connectivity index (χ2v) is 8.71. The Morgan fingerprint density at radius 1 is 1.18 bits per heavy atom. The molecule has 3 nitrogen and oxygen atoms in total. The molecule has 0 radical (unpaired) electrons. The number of ketones is 1. The maximum atomic E-state index is 12.9. The molecule has 3 heteroatoms. The molecule has 1 aromatic rings. The molecule has 2 heterocycles. The van der Waals surface area contributed by atoms with E-state index in [0.29, 0.717) is 0 Å². The van der Waals surface area contributed by atoms with Gasteiger partial charge in [0.05, 0.1) is 17.6 Å². The van der Waals surface area contributed by atoms with Crippen molar-refractivity contribution in [1.82, 2.24) is 0 Å². The van der Waals surface area contributed by atoms with Gasteiger partial charge in [0.15, 0.2) is 5.78 Å². The van der Waals surface area contributed by atoms with E-state index in [1.165, 1.54) is 11.1 Å². The zero-order valence-corrected chi connectivity index (χ0v) is 14.8. The largest absolute Gasteiger partial charge is 0.493 e. The first-order chi connectivity index (χ1) is 9.96. The molecular formula is C19H27NO2. The zero-order chi connectivity index (χ0) is 16.5. The number of carbonyl (C=O) groups is 1. The highest BCUT2D eigenvalue weighted by molar-refractivity contribution is 6.03. The van der Waals surface area contributed by atoms with Crippen LogP contribution in [-0.2, 0) is 22.0 Å². The lowest BCUT2D eigenvalue weighted by atomic mass is 9.67. The van der Waals surface area contributed by atoms with Gasteiger partial charge in [0, 0.05) is 23.2 Å². The van der Waals surface area contributed by atoms with Gasteiger partial charge in [0.2, 0.25) is 0 Å². The van der Waals surface area contributed by atoms with Gasteiger partial charge in [-0.2, -0.15) is 0 Å². The molecule has 0 fully saturated rings. The Balaban J connectivity index is 2.34. The van der Waals surface area contributed by atoms with Gasteiger partial charge in [-0.1, -0.05) is 20.8 Å². The van der Waals surface area contributed by atoms with Crippen LogP contribution in [0.2, 0.25) is 0 Å². The smallest absolute Gasteiger partial charge is 0.167 e. The molecule has 1 N–H and O–H groups in total. The minimum Gasteiger partial charge on any atom is -0.493 e. The molecule has 1 aromatic carbocycles. The van der Waals surface area contributed by atoms with Gasteiger partial charge in [-0.25, -0.2) is 0 Å². The summed E-state index contributed by atoms with van der Waals surface area (Å²) >= 11 is 0. The van der Waals surface area contributed by atoms with Crippen molar-refractivity contribution in [1.29, 1.82) is 0 Å². The van der Waals surface area contributed by atoms with Gasteiger partial charge < -0.3 is 10.1 Å². The molecule has 0 saturated heterocycles. The van der Waals surface area contributed by atoms with Crippen LogP contribution in [0.4, 0.5) is 5.69 Å². The van der Waals surface area contributed by atoms with E-state index < -0.39 is 11.0 Å². The van der Waals surface area contributed by atoms with Gasteiger partial charge in [0.1, 0.15) is 5.75 Å². The number of anilines is 1. The maximum absolute atomic E-state index is 12.9. The topological polar surface area (TPSA) is 38.3 Å². The number of ether oxygens (including phenoxy) is 1. The van der Waals surface area contributed by atoms with Crippen LogP contribution in [0, 0.1) is 0 Å². The number of hydrogen-bond acceptors (Lipinski definition) is 3. The van der Waals surface area contributed by atoms with Crippen LogP contribution in [-0.4, -0.2) is 17.9 Å². The summed E-state index contributed by atoms with van der Waals surface area (Å²) in [5.41, 5.74) is 3.66. The number of benzene rings is 1. The summed E-state index contributed by atoms with van der Waals surface area (Å²) in [4.78, 5) is 12.9. The van der Waals surface area contributed by atoms with E-state index in [1.54, 1.807) is 0 Å². The fourth-order valence-electron chi connectivity index (χ4n) is 3.84. The van der Waals surface area contributed by atoms with Crippen LogP contribution in [0.5, 0.6) is 5.75 Å². The van der Waals surface area contributed by atoms with Gasteiger partial charge >= 0.3 is 0 Å². The van der Waals surface area contributed by atoms with Crippen molar-refractivity contribution < 1.29 is 9.53 Å². The summed E-state index contributed by atoms with van der Waals surface area (Å²) < 4.78 is 5.96. The lowest BCUT2D eigenvalue weighted by Gasteiger charge is -2.43. The molecule has 0 saturated carbocycles. The number of carbonyl (C=O) groups excluding carboxylic acids is 1. The molecule has 0 aromatic heterocycles. The van der Waals surface area contributed by atoms with Gasteiger partial charge in [0.25, 0.3) is 0 Å². The molecule has 0 spiro atoms. The van der Waals surface area contributed by atoms with Crippen molar-refractivity contribution in [3.63, 3.8) is 0 Å². The third kappa shape index (κ3) is 1.98. The zero-order valence-electron chi connectivity index (χ0n) is 14.8. The number of rotatable bonds is 0. The van der Waals surface area contributed by atoms with Crippen LogP contribution >= 0.6 is 0 Å². The summed E-state index contributed by atoms with van der Waals surface area (Å²) in [5, 5.41) is 3.49. The molecule has 3 rings (SSSR count). The maximum Gasteiger partial charge on any atom is 0.167 e.